The zero-order valence-electron chi connectivity index (χ0n) is 12.8. The fraction of sp³-hybridized carbons (Fsp3) is 0.529. The highest BCUT2D eigenvalue weighted by molar-refractivity contribution is 7.98. The zero-order chi connectivity index (χ0) is 15.6. The van der Waals surface area contributed by atoms with Crippen LogP contribution in [0.4, 0.5) is 0 Å². The van der Waals surface area contributed by atoms with Gasteiger partial charge in [-0.3, -0.25) is 9.59 Å². The Balaban J connectivity index is 1.41. The van der Waals surface area contributed by atoms with Crippen molar-refractivity contribution in [3.8, 4) is 0 Å². The number of nitrogens with one attached hydrogen (secondary N) is 2. The number of amides is 2. The Bertz CT molecular complexity index is 475. The molecule has 0 aliphatic heterocycles. The molecule has 1 saturated carbocycles. The molecule has 0 aromatic heterocycles. The molecule has 0 unspecified atom stereocenters. The van der Waals surface area contributed by atoms with Crippen molar-refractivity contribution in [3.63, 3.8) is 0 Å². The van der Waals surface area contributed by atoms with Gasteiger partial charge in [-0.2, -0.15) is 11.8 Å². The highest BCUT2D eigenvalue weighted by Crippen LogP contribution is 2.28. The third-order valence-electron chi connectivity index (χ3n) is 3.51. The first-order valence-electron chi connectivity index (χ1n) is 7.92. The summed E-state index contributed by atoms with van der Waals surface area (Å²) in [6.45, 7) is 1.30. The molecule has 5 heteroatoms. The second-order valence-corrected chi connectivity index (χ2v) is 6.66. The molecule has 2 amide bonds. The Morgan fingerprint density at radius 2 is 1.86 bits per heavy atom. The smallest absolute Gasteiger partial charge is 0.223 e. The largest absolute Gasteiger partial charge is 0.356 e. The van der Waals surface area contributed by atoms with Crippen molar-refractivity contribution >= 4 is 23.6 Å². The minimum absolute atomic E-state index is 0.0704. The third-order valence-corrected chi connectivity index (χ3v) is 4.54. The van der Waals surface area contributed by atoms with Gasteiger partial charge in [0, 0.05) is 36.9 Å². The molecule has 0 atom stereocenters. The monoisotopic (exact) mass is 320 g/mol. The molecular formula is C17H24N2O2S. The summed E-state index contributed by atoms with van der Waals surface area (Å²) in [5.41, 5.74) is 1.31. The standard InChI is InChI=1S/C17H24N2O2S/c20-16(7-4-10-19-17(21)15-8-9-15)18-11-12-22-13-14-5-2-1-3-6-14/h1-3,5-6,15H,4,7-13H2,(H,18,20)(H,19,21). The number of carbonyl (C=O) groups excluding carboxylic acids is 2. The van der Waals surface area contributed by atoms with Crippen LogP contribution in [0.2, 0.25) is 0 Å². The lowest BCUT2D eigenvalue weighted by atomic mass is 10.2. The summed E-state index contributed by atoms with van der Waals surface area (Å²) < 4.78 is 0. The maximum absolute atomic E-state index is 11.6. The number of rotatable bonds is 10. The summed E-state index contributed by atoms with van der Waals surface area (Å²) in [6.07, 6.45) is 3.23. The van der Waals surface area contributed by atoms with Crippen LogP contribution >= 0.6 is 11.8 Å². The third kappa shape index (κ3) is 6.98. The summed E-state index contributed by atoms with van der Waals surface area (Å²) in [6, 6.07) is 10.3. The Morgan fingerprint density at radius 1 is 1.09 bits per heavy atom. The molecule has 1 aromatic rings. The summed E-state index contributed by atoms with van der Waals surface area (Å²) in [5.74, 6) is 2.36. The first kappa shape index (κ1) is 16.9. The van der Waals surface area contributed by atoms with Crippen LogP contribution in [0, 0.1) is 5.92 Å². The highest BCUT2D eigenvalue weighted by Gasteiger charge is 2.28. The lowest BCUT2D eigenvalue weighted by molar-refractivity contribution is -0.123. The predicted molar refractivity (Wildman–Crippen MR) is 90.6 cm³/mol. The van der Waals surface area contributed by atoms with Crippen molar-refractivity contribution in [1.29, 1.82) is 0 Å². The molecule has 22 heavy (non-hydrogen) atoms. The second kappa shape index (κ2) is 9.51. The topological polar surface area (TPSA) is 58.2 Å². The molecule has 0 spiro atoms. The first-order valence-corrected chi connectivity index (χ1v) is 9.07. The Labute approximate surface area is 136 Å². The minimum atomic E-state index is 0.0704. The van der Waals surface area contributed by atoms with Gasteiger partial charge in [0.15, 0.2) is 0 Å². The van der Waals surface area contributed by atoms with Gasteiger partial charge in [0.05, 0.1) is 0 Å². The Hall–Kier alpha value is -1.49. The molecule has 0 radical (unpaired) electrons. The van der Waals surface area contributed by atoms with Crippen LogP contribution < -0.4 is 10.6 Å². The maximum Gasteiger partial charge on any atom is 0.223 e. The predicted octanol–water partition coefficient (Wildman–Crippen LogP) is 2.34. The molecule has 0 saturated heterocycles. The van der Waals surface area contributed by atoms with E-state index in [0.717, 1.165) is 24.3 Å². The molecule has 1 aliphatic rings. The molecule has 1 aromatic carbocycles. The van der Waals surface area contributed by atoms with Gasteiger partial charge in [-0.15, -0.1) is 0 Å². The van der Waals surface area contributed by atoms with Crippen LogP contribution in [-0.2, 0) is 15.3 Å². The summed E-state index contributed by atoms with van der Waals surface area (Å²) >= 11 is 1.82. The SMILES string of the molecule is O=C(CCCNC(=O)C1CC1)NCCSCc1ccccc1. The second-order valence-electron chi connectivity index (χ2n) is 5.56. The number of benzene rings is 1. The van der Waals surface area contributed by atoms with E-state index >= 15 is 0 Å². The van der Waals surface area contributed by atoms with Crippen molar-refractivity contribution < 1.29 is 9.59 Å². The van der Waals surface area contributed by atoms with Gasteiger partial charge in [0.2, 0.25) is 11.8 Å². The number of hydrogen-bond acceptors (Lipinski definition) is 3. The van der Waals surface area contributed by atoms with Crippen LogP contribution in [0.3, 0.4) is 0 Å². The summed E-state index contributed by atoms with van der Waals surface area (Å²) in [7, 11) is 0. The van der Waals surface area contributed by atoms with Crippen LogP contribution in [0.25, 0.3) is 0 Å². The number of hydrogen-bond donors (Lipinski definition) is 2. The molecule has 1 aliphatic carbocycles. The van der Waals surface area contributed by atoms with Crippen LogP contribution in [0.1, 0.15) is 31.2 Å². The van der Waals surface area contributed by atoms with Crippen molar-refractivity contribution in [2.75, 3.05) is 18.8 Å². The lowest BCUT2D eigenvalue weighted by Crippen LogP contribution is -2.29. The molecule has 1 fully saturated rings. The van der Waals surface area contributed by atoms with E-state index in [0.29, 0.717) is 25.9 Å². The Morgan fingerprint density at radius 3 is 2.59 bits per heavy atom. The number of carbonyl (C=O) groups is 2. The first-order chi connectivity index (χ1) is 10.8. The van der Waals surface area contributed by atoms with E-state index in [1.165, 1.54) is 5.56 Å². The molecule has 2 rings (SSSR count). The minimum Gasteiger partial charge on any atom is -0.356 e. The maximum atomic E-state index is 11.6. The van der Waals surface area contributed by atoms with Crippen molar-refractivity contribution in [2.45, 2.75) is 31.4 Å². The van der Waals surface area contributed by atoms with Gasteiger partial charge in [-0.1, -0.05) is 30.3 Å². The van der Waals surface area contributed by atoms with Gasteiger partial charge in [-0.25, -0.2) is 0 Å². The fourth-order valence-corrected chi connectivity index (χ4v) is 2.88. The molecule has 0 heterocycles. The van der Waals surface area contributed by atoms with Crippen molar-refractivity contribution in [1.82, 2.24) is 10.6 Å². The van der Waals surface area contributed by atoms with E-state index in [9.17, 15) is 9.59 Å². The molecule has 4 nitrogen and oxygen atoms in total. The molecule has 120 valence electrons. The van der Waals surface area contributed by atoms with Gasteiger partial charge < -0.3 is 10.6 Å². The van der Waals surface area contributed by atoms with Gasteiger partial charge in [0.25, 0.3) is 0 Å². The molecule has 2 N–H and O–H groups in total. The van der Waals surface area contributed by atoms with Crippen LogP contribution in [0.15, 0.2) is 30.3 Å². The van der Waals surface area contributed by atoms with E-state index in [2.05, 4.69) is 22.8 Å². The van der Waals surface area contributed by atoms with Crippen LogP contribution in [-0.4, -0.2) is 30.7 Å². The summed E-state index contributed by atoms with van der Waals surface area (Å²) in [5, 5.41) is 5.79. The lowest BCUT2D eigenvalue weighted by Gasteiger charge is -2.06. The van der Waals surface area contributed by atoms with E-state index in [1.807, 2.05) is 30.0 Å². The van der Waals surface area contributed by atoms with E-state index in [4.69, 9.17) is 0 Å². The van der Waals surface area contributed by atoms with Crippen LogP contribution in [0.5, 0.6) is 0 Å². The van der Waals surface area contributed by atoms with Gasteiger partial charge in [-0.05, 0) is 24.8 Å². The number of thioether (sulfide) groups is 1. The van der Waals surface area contributed by atoms with Crippen molar-refractivity contribution in [2.24, 2.45) is 5.92 Å². The van der Waals surface area contributed by atoms with Gasteiger partial charge >= 0.3 is 0 Å². The molecule has 0 bridgehead atoms. The average molecular weight is 320 g/mol. The fourth-order valence-electron chi connectivity index (χ4n) is 2.07. The average Bonchev–Trinajstić information content (AvgIpc) is 3.37. The van der Waals surface area contributed by atoms with Crippen molar-refractivity contribution in [3.05, 3.63) is 35.9 Å². The summed E-state index contributed by atoms with van der Waals surface area (Å²) in [4.78, 5) is 23.0. The molecular weight excluding hydrogens is 296 g/mol. The van der Waals surface area contributed by atoms with E-state index in [-0.39, 0.29) is 17.7 Å². The zero-order valence-corrected chi connectivity index (χ0v) is 13.7. The van der Waals surface area contributed by atoms with E-state index < -0.39 is 0 Å². The highest BCUT2D eigenvalue weighted by atomic mass is 32.2. The van der Waals surface area contributed by atoms with Gasteiger partial charge in [0.1, 0.15) is 0 Å². The normalized spacial score (nSPS) is 13.6. The Kier molecular flexibility index (Phi) is 7.30. The quantitative estimate of drug-likeness (QED) is 0.651. The van der Waals surface area contributed by atoms with E-state index in [1.54, 1.807) is 0 Å².